The minimum atomic E-state index is 0.904. The number of hydrogen-bond acceptors (Lipinski definition) is 2. The summed E-state index contributed by atoms with van der Waals surface area (Å²) >= 11 is 0. The van der Waals surface area contributed by atoms with Crippen molar-refractivity contribution in [2.75, 3.05) is 0 Å². The van der Waals surface area contributed by atoms with Crippen LogP contribution in [-0.2, 0) is 0 Å². The Labute approximate surface area is 93.5 Å². The average molecular weight is 209 g/mol. The second kappa shape index (κ2) is 3.49. The van der Waals surface area contributed by atoms with Gasteiger partial charge in [0.15, 0.2) is 0 Å². The van der Waals surface area contributed by atoms with Gasteiger partial charge in [-0.2, -0.15) is 0 Å². The maximum absolute atomic E-state index is 5.50. The number of rotatable bonds is 1. The number of para-hydroxylation sites is 1. The lowest BCUT2D eigenvalue weighted by Crippen LogP contribution is -1.82. The van der Waals surface area contributed by atoms with Crippen LogP contribution in [0.1, 0.15) is 5.56 Å². The van der Waals surface area contributed by atoms with E-state index in [1.54, 1.807) is 6.26 Å². The predicted octanol–water partition coefficient (Wildman–Crippen LogP) is 3.80. The molecule has 2 heteroatoms. The molecule has 2 heterocycles. The van der Waals surface area contributed by atoms with Crippen LogP contribution in [0.15, 0.2) is 53.3 Å². The molecule has 0 spiro atoms. The highest BCUT2D eigenvalue weighted by Gasteiger charge is 2.07. The number of aromatic nitrogens is 1. The average Bonchev–Trinajstić information content (AvgIpc) is 2.72. The molecule has 0 saturated carbocycles. The monoisotopic (exact) mass is 209 g/mol. The molecule has 3 rings (SSSR count). The van der Waals surface area contributed by atoms with Crippen molar-refractivity contribution in [2.45, 2.75) is 6.92 Å². The first kappa shape index (κ1) is 9.16. The molecule has 1 aromatic carbocycles. The van der Waals surface area contributed by atoms with Crippen molar-refractivity contribution in [1.29, 1.82) is 0 Å². The zero-order valence-electron chi connectivity index (χ0n) is 8.97. The zero-order valence-corrected chi connectivity index (χ0v) is 8.97. The molecule has 0 atom stereocenters. The summed E-state index contributed by atoms with van der Waals surface area (Å²) in [5.74, 6) is 0. The lowest BCUT2D eigenvalue weighted by atomic mass is 10.1. The molecule has 16 heavy (non-hydrogen) atoms. The molecule has 3 aromatic rings. The summed E-state index contributed by atoms with van der Waals surface area (Å²) < 4.78 is 5.50. The summed E-state index contributed by atoms with van der Waals surface area (Å²) in [6.07, 6.45) is 3.60. The van der Waals surface area contributed by atoms with Gasteiger partial charge in [0.05, 0.1) is 5.69 Å². The van der Waals surface area contributed by atoms with E-state index in [0.29, 0.717) is 0 Å². The zero-order chi connectivity index (χ0) is 11.0. The second-order valence-corrected chi connectivity index (χ2v) is 3.86. The molecule has 0 aliphatic carbocycles. The molecule has 0 aliphatic heterocycles. The van der Waals surface area contributed by atoms with Crippen molar-refractivity contribution in [3.63, 3.8) is 0 Å². The van der Waals surface area contributed by atoms with Crippen LogP contribution in [0, 0.1) is 6.92 Å². The Morgan fingerprint density at radius 2 is 2.00 bits per heavy atom. The van der Waals surface area contributed by atoms with Gasteiger partial charge in [0.25, 0.3) is 0 Å². The van der Waals surface area contributed by atoms with Crippen molar-refractivity contribution < 1.29 is 4.42 Å². The molecule has 0 radical (unpaired) electrons. The number of furan rings is 1. The van der Waals surface area contributed by atoms with E-state index in [0.717, 1.165) is 22.2 Å². The smallest absolute Gasteiger partial charge is 0.134 e. The fourth-order valence-corrected chi connectivity index (χ4v) is 1.86. The van der Waals surface area contributed by atoms with Gasteiger partial charge in [0.1, 0.15) is 11.8 Å². The lowest BCUT2D eigenvalue weighted by Gasteiger charge is -1.98. The van der Waals surface area contributed by atoms with Crippen LogP contribution in [0.2, 0.25) is 0 Å². The minimum absolute atomic E-state index is 0.904. The van der Waals surface area contributed by atoms with Gasteiger partial charge in [0.2, 0.25) is 0 Å². The molecule has 0 bridgehead atoms. The third-order valence-corrected chi connectivity index (χ3v) is 2.67. The van der Waals surface area contributed by atoms with Gasteiger partial charge in [0, 0.05) is 17.1 Å². The van der Waals surface area contributed by atoms with E-state index < -0.39 is 0 Å². The minimum Gasteiger partial charge on any atom is -0.464 e. The van der Waals surface area contributed by atoms with Crippen LogP contribution in [0.4, 0.5) is 0 Å². The maximum Gasteiger partial charge on any atom is 0.134 e. The first-order valence-corrected chi connectivity index (χ1v) is 5.24. The fraction of sp³-hybridized carbons (Fsp3) is 0.0714. The standard InChI is InChI=1S/C14H11NO/c1-10-6-7-15-13(8-10)12-9-16-14-5-3-2-4-11(12)14/h2-9H,1H3. The molecule has 78 valence electrons. The molecule has 2 aromatic heterocycles. The molecule has 0 fully saturated rings. The summed E-state index contributed by atoms with van der Waals surface area (Å²) in [7, 11) is 0. The summed E-state index contributed by atoms with van der Waals surface area (Å²) in [6.45, 7) is 2.06. The third kappa shape index (κ3) is 1.39. The molecular weight excluding hydrogens is 198 g/mol. The first-order valence-electron chi connectivity index (χ1n) is 5.24. The number of nitrogens with zero attached hydrogens (tertiary/aromatic N) is 1. The van der Waals surface area contributed by atoms with Gasteiger partial charge in [-0.25, -0.2) is 0 Å². The number of pyridine rings is 1. The van der Waals surface area contributed by atoms with Gasteiger partial charge in [-0.15, -0.1) is 0 Å². The van der Waals surface area contributed by atoms with Crippen LogP contribution in [0.5, 0.6) is 0 Å². The third-order valence-electron chi connectivity index (χ3n) is 2.67. The van der Waals surface area contributed by atoms with Crippen molar-refractivity contribution in [2.24, 2.45) is 0 Å². The Hall–Kier alpha value is -2.09. The highest BCUT2D eigenvalue weighted by molar-refractivity contribution is 5.92. The molecular formula is C14H11NO. The van der Waals surface area contributed by atoms with E-state index in [2.05, 4.69) is 24.0 Å². The Balaban J connectivity index is 2.26. The van der Waals surface area contributed by atoms with Crippen molar-refractivity contribution in [3.8, 4) is 11.3 Å². The van der Waals surface area contributed by atoms with Gasteiger partial charge in [-0.3, -0.25) is 4.98 Å². The Morgan fingerprint density at radius 3 is 2.88 bits per heavy atom. The number of hydrogen-bond donors (Lipinski definition) is 0. The van der Waals surface area contributed by atoms with Gasteiger partial charge in [-0.05, 0) is 30.7 Å². The van der Waals surface area contributed by atoms with E-state index in [-0.39, 0.29) is 0 Å². The SMILES string of the molecule is Cc1ccnc(-c2coc3ccccc23)c1. The van der Waals surface area contributed by atoms with Crippen LogP contribution >= 0.6 is 0 Å². The molecule has 0 aliphatic rings. The molecule has 0 unspecified atom stereocenters. The van der Waals surface area contributed by atoms with Crippen LogP contribution in [-0.4, -0.2) is 4.98 Å². The summed E-state index contributed by atoms with van der Waals surface area (Å²) in [5, 5.41) is 1.11. The van der Waals surface area contributed by atoms with Gasteiger partial charge in [-0.1, -0.05) is 18.2 Å². The Morgan fingerprint density at radius 1 is 1.12 bits per heavy atom. The van der Waals surface area contributed by atoms with E-state index in [1.807, 2.05) is 30.5 Å². The van der Waals surface area contributed by atoms with Crippen molar-refractivity contribution in [1.82, 2.24) is 4.98 Å². The molecule has 0 N–H and O–H groups in total. The number of benzene rings is 1. The van der Waals surface area contributed by atoms with Crippen LogP contribution in [0.25, 0.3) is 22.2 Å². The largest absolute Gasteiger partial charge is 0.464 e. The fourth-order valence-electron chi connectivity index (χ4n) is 1.86. The van der Waals surface area contributed by atoms with E-state index in [9.17, 15) is 0 Å². The highest BCUT2D eigenvalue weighted by atomic mass is 16.3. The number of fused-ring (bicyclic) bond motifs is 1. The predicted molar refractivity (Wildman–Crippen MR) is 64.2 cm³/mol. The topological polar surface area (TPSA) is 26.0 Å². The summed E-state index contributed by atoms with van der Waals surface area (Å²) in [5.41, 5.74) is 4.13. The van der Waals surface area contributed by atoms with E-state index in [1.165, 1.54) is 5.56 Å². The first-order chi connectivity index (χ1) is 7.84. The molecule has 2 nitrogen and oxygen atoms in total. The highest BCUT2D eigenvalue weighted by Crippen LogP contribution is 2.29. The van der Waals surface area contributed by atoms with Gasteiger partial charge < -0.3 is 4.42 Å². The normalized spacial score (nSPS) is 10.8. The second-order valence-electron chi connectivity index (χ2n) is 3.86. The van der Waals surface area contributed by atoms with Crippen LogP contribution < -0.4 is 0 Å². The van der Waals surface area contributed by atoms with Crippen molar-refractivity contribution >= 4 is 11.0 Å². The molecule has 0 saturated heterocycles. The summed E-state index contributed by atoms with van der Waals surface area (Å²) in [6, 6.07) is 12.1. The van der Waals surface area contributed by atoms with Gasteiger partial charge >= 0.3 is 0 Å². The summed E-state index contributed by atoms with van der Waals surface area (Å²) in [4.78, 5) is 4.37. The Bertz CT molecular complexity index is 640. The quantitative estimate of drug-likeness (QED) is 0.609. The maximum atomic E-state index is 5.50. The van der Waals surface area contributed by atoms with E-state index >= 15 is 0 Å². The Kier molecular flexibility index (Phi) is 2.00. The van der Waals surface area contributed by atoms with Crippen LogP contribution in [0.3, 0.4) is 0 Å². The molecule has 0 amide bonds. The van der Waals surface area contributed by atoms with Crippen molar-refractivity contribution in [3.05, 3.63) is 54.4 Å². The lowest BCUT2D eigenvalue weighted by molar-refractivity contribution is 0.617. The van der Waals surface area contributed by atoms with E-state index in [4.69, 9.17) is 4.42 Å². The number of aryl methyl sites for hydroxylation is 1.